The van der Waals surface area contributed by atoms with Gasteiger partial charge in [0.25, 0.3) is 0 Å². The Kier molecular flexibility index (Phi) is 4.71. The fraction of sp³-hybridized carbons (Fsp3) is 0.500. The third kappa shape index (κ3) is 3.52. The van der Waals surface area contributed by atoms with Crippen molar-refractivity contribution in [3.05, 3.63) is 29.8 Å². The summed E-state index contributed by atoms with van der Waals surface area (Å²) in [5.41, 5.74) is 4.46. The van der Waals surface area contributed by atoms with Crippen molar-refractivity contribution in [1.82, 2.24) is 4.90 Å². The number of halogens is 4. The summed E-state index contributed by atoms with van der Waals surface area (Å²) >= 11 is 0. The number of nitrogens with zero attached hydrogens (tertiary/aromatic N) is 1. The molecule has 0 spiro atoms. The van der Waals surface area contributed by atoms with Gasteiger partial charge in [0.05, 0.1) is 0 Å². The highest BCUT2D eigenvalue weighted by molar-refractivity contribution is 5.85. The number of β-amino-alcohol motifs (C(OH)–C–C–N with tert-alkyl or cyclic N) is 1. The zero-order chi connectivity index (χ0) is 13.4. The number of alkyl halides is 3. The van der Waals surface area contributed by atoms with Gasteiger partial charge < -0.3 is 10.8 Å². The van der Waals surface area contributed by atoms with Gasteiger partial charge in [-0.05, 0) is 24.1 Å². The van der Waals surface area contributed by atoms with E-state index in [4.69, 9.17) is 5.73 Å². The monoisotopic (exact) mass is 296 g/mol. The molecule has 0 radical (unpaired) electrons. The van der Waals surface area contributed by atoms with Crippen LogP contribution in [0.1, 0.15) is 12.0 Å². The van der Waals surface area contributed by atoms with Gasteiger partial charge in [-0.3, -0.25) is 4.90 Å². The van der Waals surface area contributed by atoms with Crippen LogP contribution in [-0.4, -0.2) is 34.9 Å². The normalized spacial score (nSPS) is 24.2. The molecule has 108 valence electrons. The van der Waals surface area contributed by atoms with Crippen molar-refractivity contribution in [2.75, 3.05) is 18.8 Å². The molecule has 1 heterocycles. The van der Waals surface area contributed by atoms with Gasteiger partial charge in [0.15, 0.2) is 5.60 Å². The first-order valence-corrected chi connectivity index (χ1v) is 5.66. The Balaban J connectivity index is 0.00000180. The summed E-state index contributed by atoms with van der Waals surface area (Å²) in [5, 5.41) is 9.54. The Labute approximate surface area is 115 Å². The number of rotatable bonds is 2. The maximum atomic E-state index is 12.6. The number of hydrogen-bond donors (Lipinski definition) is 2. The minimum atomic E-state index is -4.57. The molecule has 1 aromatic carbocycles. The third-order valence-corrected chi connectivity index (χ3v) is 3.21. The van der Waals surface area contributed by atoms with E-state index in [1.54, 1.807) is 29.2 Å². The van der Waals surface area contributed by atoms with Gasteiger partial charge >= 0.3 is 6.18 Å². The van der Waals surface area contributed by atoms with Crippen LogP contribution in [0.4, 0.5) is 18.9 Å². The molecule has 3 N–H and O–H groups in total. The summed E-state index contributed by atoms with van der Waals surface area (Å²) in [6.45, 7) is 0.208. The molecule has 0 saturated carbocycles. The molecule has 1 fully saturated rings. The van der Waals surface area contributed by atoms with E-state index in [-0.39, 0.29) is 31.9 Å². The average molecular weight is 297 g/mol. The van der Waals surface area contributed by atoms with Crippen LogP contribution in [0.3, 0.4) is 0 Å². The molecule has 7 heteroatoms. The molecule has 1 unspecified atom stereocenters. The second-order valence-electron chi connectivity index (χ2n) is 4.74. The first-order chi connectivity index (χ1) is 8.30. The standard InChI is InChI=1S/C12H15F3N2O.ClH/c13-12(14,15)11(18)4-5-17(8-11)7-9-2-1-3-10(16)6-9;/h1-3,6,18H,4-5,7-8,16H2;1H. The Morgan fingerprint density at radius 1 is 1.37 bits per heavy atom. The molecule has 1 atom stereocenters. The fourth-order valence-corrected chi connectivity index (χ4v) is 2.19. The fourth-order valence-electron chi connectivity index (χ4n) is 2.19. The zero-order valence-electron chi connectivity index (χ0n) is 10.2. The Hall–Kier alpha value is -0.980. The Bertz CT molecular complexity index is 441. The van der Waals surface area contributed by atoms with Gasteiger partial charge in [0.2, 0.25) is 0 Å². The topological polar surface area (TPSA) is 49.5 Å². The maximum Gasteiger partial charge on any atom is 0.418 e. The van der Waals surface area contributed by atoms with Crippen LogP contribution in [0.2, 0.25) is 0 Å². The molecule has 1 aromatic rings. The van der Waals surface area contributed by atoms with E-state index in [0.29, 0.717) is 12.2 Å². The van der Waals surface area contributed by atoms with Gasteiger partial charge in [-0.2, -0.15) is 13.2 Å². The molecule has 1 saturated heterocycles. The quantitative estimate of drug-likeness (QED) is 0.823. The van der Waals surface area contributed by atoms with Crippen molar-refractivity contribution in [1.29, 1.82) is 0 Å². The molecular formula is C12H16ClF3N2O. The number of likely N-dealkylation sites (tertiary alicyclic amines) is 1. The predicted molar refractivity (Wildman–Crippen MR) is 69.0 cm³/mol. The van der Waals surface area contributed by atoms with Crippen molar-refractivity contribution in [2.45, 2.75) is 24.7 Å². The third-order valence-electron chi connectivity index (χ3n) is 3.21. The van der Waals surface area contributed by atoms with Crippen molar-refractivity contribution in [3.8, 4) is 0 Å². The number of nitrogen functional groups attached to an aromatic ring is 1. The largest absolute Gasteiger partial charge is 0.418 e. The van der Waals surface area contributed by atoms with Gasteiger partial charge in [0.1, 0.15) is 0 Å². The number of anilines is 1. The number of benzene rings is 1. The summed E-state index contributed by atoms with van der Waals surface area (Å²) in [4.78, 5) is 1.59. The highest BCUT2D eigenvalue weighted by Gasteiger charge is 2.56. The van der Waals surface area contributed by atoms with Gasteiger partial charge in [-0.15, -0.1) is 12.4 Å². The van der Waals surface area contributed by atoms with E-state index in [0.717, 1.165) is 5.56 Å². The van der Waals surface area contributed by atoms with E-state index in [2.05, 4.69) is 0 Å². The number of hydrogen-bond acceptors (Lipinski definition) is 3. The smallest absolute Gasteiger partial charge is 0.399 e. The molecular weight excluding hydrogens is 281 g/mol. The van der Waals surface area contributed by atoms with E-state index >= 15 is 0 Å². The van der Waals surface area contributed by atoms with Crippen molar-refractivity contribution >= 4 is 18.1 Å². The van der Waals surface area contributed by atoms with Crippen LogP contribution in [-0.2, 0) is 6.54 Å². The van der Waals surface area contributed by atoms with E-state index < -0.39 is 11.8 Å². The van der Waals surface area contributed by atoms with Gasteiger partial charge in [-0.25, -0.2) is 0 Å². The van der Waals surface area contributed by atoms with Crippen molar-refractivity contribution in [2.24, 2.45) is 0 Å². The lowest BCUT2D eigenvalue weighted by Crippen LogP contribution is -2.47. The van der Waals surface area contributed by atoms with Crippen LogP contribution in [0.25, 0.3) is 0 Å². The summed E-state index contributed by atoms with van der Waals surface area (Å²) in [7, 11) is 0. The lowest BCUT2D eigenvalue weighted by Gasteiger charge is -2.26. The highest BCUT2D eigenvalue weighted by Crippen LogP contribution is 2.37. The Morgan fingerprint density at radius 3 is 2.58 bits per heavy atom. The lowest BCUT2D eigenvalue weighted by molar-refractivity contribution is -0.254. The molecule has 0 aliphatic carbocycles. The second-order valence-corrected chi connectivity index (χ2v) is 4.74. The summed E-state index contributed by atoms with van der Waals surface area (Å²) in [5.74, 6) is 0. The van der Waals surface area contributed by atoms with Crippen LogP contribution >= 0.6 is 12.4 Å². The first kappa shape index (κ1) is 16.1. The Morgan fingerprint density at radius 2 is 2.05 bits per heavy atom. The van der Waals surface area contributed by atoms with E-state index in [1.807, 2.05) is 0 Å². The van der Waals surface area contributed by atoms with Crippen molar-refractivity contribution in [3.63, 3.8) is 0 Å². The summed E-state index contributed by atoms with van der Waals surface area (Å²) in [6, 6.07) is 7.02. The van der Waals surface area contributed by atoms with Crippen LogP contribution < -0.4 is 5.73 Å². The molecule has 0 amide bonds. The van der Waals surface area contributed by atoms with Crippen LogP contribution in [0.15, 0.2) is 24.3 Å². The molecule has 3 nitrogen and oxygen atoms in total. The first-order valence-electron chi connectivity index (χ1n) is 5.66. The average Bonchev–Trinajstić information content (AvgIpc) is 2.60. The summed E-state index contributed by atoms with van der Waals surface area (Å²) < 4.78 is 37.9. The van der Waals surface area contributed by atoms with E-state index in [9.17, 15) is 18.3 Å². The number of nitrogens with two attached hydrogens (primary N) is 1. The molecule has 2 rings (SSSR count). The van der Waals surface area contributed by atoms with E-state index in [1.165, 1.54) is 0 Å². The predicted octanol–water partition coefficient (Wildman–Crippen LogP) is 2.19. The van der Waals surface area contributed by atoms with Crippen LogP contribution in [0.5, 0.6) is 0 Å². The second kappa shape index (κ2) is 5.56. The molecule has 1 aliphatic heterocycles. The summed E-state index contributed by atoms with van der Waals surface area (Å²) in [6.07, 6.45) is -4.85. The molecule has 0 bridgehead atoms. The minimum absolute atomic E-state index is 0. The van der Waals surface area contributed by atoms with Gasteiger partial charge in [-0.1, -0.05) is 12.1 Å². The lowest BCUT2D eigenvalue weighted by atomic mass is 10.0. The highest BCUT2D eigenvalue weighted by atomic mass is 35.5. The molecule has 19 heavy (non-hydrogen) atoms. The molecule has 1 aliphatic rings. The van der Waals surface area contributed by atoms with Crippen molar-refractivity contribution < 1.29 is 18.3 Å². The molecule has 0 aromatic heterocycles. The minimum Gasteiger partial charge on any atom is -0.399 e. The maximum absolute atomic E-state index is 12.6. The zero-order valence-corrected chi connectivity index (χ0v) is 11.0. The number of aliphatic hydroxyl groups is 1. The van der Waals surface area contributed by atoms with Crippen LogP contribution in [0, 0.1) is 0 Å². The SMILES string of the molecule is Cl.Nc1cccc(CN2CCC(O)(C(F)(F)F)C2)c1. The van der Waals surface area contributed by atoms with Gasteiger partial charge in [0, 0.05) is 25.3 Å².